The summed E-state index contributed by atoms with van der Waals surface area (Å²) in [6, 6.07) is 0. The Hall–Kier alpha value is -0.520. The molecule has 0 amide bonds. The normalized spacial score (nSPS) is 12.9. The summed E-state index contributed by atoms with van der Waals surface area (Å²) in [6.07, 6.45) is 4.25. The lowest BCUT2D eigenvalue weighted by molar-refractivity contribution is 0.00838. The van der Waals surface area contributed by atoms with Gasteiger partial charge in [0.15, 0.2) is 0 Å². The maximum absolute atomic E-state index is 9.78. The number of unbranched alkanes of at least 4 members (excludes halogenated alkanes) is 1. The van der Waals surface area contributed by atoms with Crippen molar-refractivity contribution in [2.75, 3.05) is 0 Å². The van der Waals surface area contributed by atoms with Crippen LogP contribution in [0, 0.1) is 0 Å². The summed E-state index contributed by atoms with van der Waals surface area (Å²) >= 11 is 0. The van der Waals surface area contributed by atoms with Crippen LogP contribution >= 0.6 is 16.5 Å². The van der Waals surface area contributed by atoms with Crippen LogP contribution in [0.3, 0.4) is 0 Å². The number of hydrogen-bond donors (Lipinski definition) is 3. The van der Waals surface area contributed by atoms with Gasteiger partial charge in [0.05, 0.1) is 0 Å². The van der Waals surface area contributed by atoms with Crippen LogP contribution in [0.2, 0.25) is 0 Å². The van der Waals surface area contributed by atoms with Crippen LogP contribution in [0.5, 0.6) is 0 Å². The molecule has 9 heteroatoms. The van der Waals surface area contributed by atoms with E-state index in [9.17, 15) is 9.13 Å². The molecule has 0 aromatic carbocycles. The molecular weight excluding hydrogens is 256 g/mol. The Labute approximate surface area is 95.5 Å². The summed E-state index contributed by atoms with van der Waals surface area (Å²) in [4.78, 5) is 16.0. The largest absolute Gasteiger partial charge is 0.699 e. The van der Waals surface area contributed by atoms with Crippen LogP contribution in [0.4, 0.5) is 0 Å². The molecule has 92 valence electrons. The SMILES string of the molecule is C=CCCC=C.NC(O[P+](=O)O)O[P+](=O)O. The van der Waals surface area contributed by atoms with E-state index in [1.54, 1.807) is 0 Å². The van der Waals surface area contributed by atoms with Gasteiger partial charge < -0.3 is 0 Å². The first-order valence-electron chi connectivity index (χ1n) is 4.07. The second-order valence-electron chi connectivity index (χ2n) is 2.21. The molecule has 16 heavy (non-hydrogen) atoms. The van der Waals surface area contributed by atoms with E-state index in [-0.39, 0.29) is 0 Å². The fourth-order valence-corrected chi connectivity index (χ4v) is 0.942. The van der Waals surface area contributed by atoms with E-state index < -0.39 is 22.9 Å². The third kappa shape index (κ3) is 19.1. The van der Waals surface area contributed by atoms with Gasteiger partial charge in [-0.2, -0.15) is 0 Å². The summed E-state index contributed by atoms with van der Waals surface area (Å²) in [6.45, 7) is 7.10. The predicted octanol–water partition coefficient (Wildman–Crippen LogP) is 1.70. The van der Waals surface area contributed by atoms with Crippen LogP contribution in [-0.2, 0) is 18.2 Å². The highest BCUT2D eigenvalue weighted by atomic mass is 31.1. The molecule has 0 aliphatic carbocycles. The maximum Gasteiger partial charge on any atom is 0.699 e. The highest BCUT2D eigenvalue weighted by Crippen LogP contribution is 2.22. The van der Waals surface area contributed by atoms with Crippen molar-refractivity contribution in [3.05, 3.63) is 25.3 Å². The van der Waals surface area contributed by atoms with E-state index in [4.69, 9.17) is 15.5 Å². The minimum atomic E-state index is -2.91. The van der Waals surface area contributed by atoms with E-state index in [0.29, 0.717) is 0 Å². The molecule has 4 N–H and O–H groups in total. The first-order valence-corrected chi connectivity index (χ1v) is 6.33. The van der Waals surface area contributed by atoms with Gasteiger partial charge in [0.2, 0.25) is 0 Å². The number of hydrogen-bond acceptors (Lipinski definition) is 5. The fraction of sp³-hybridized carbons (Fsp3) is 0.429. The van der Waals surface area contributed by atoms with Gasteiger partial charge in [-0.25, -0.2) is 0 Å². The Kier molecular flexibility index (Phi) is 14.0. The molecule has 0 saturated heterocycles. The van der Waals surface area contributed by atoms with Gasteiger partial charge in [-0.1, -0.05) is 21.2 Å². The summed E-state index contributed by atoms with van der Waals surface area (Å²) in [7, 11) is -5.82. The third-order valence-electron chi connectivity index (χ3n) is 0.963. The van der Waals surface area contributed by atoms with Crippen molar-refractivity contribution in [1.29, 1.82) is 0 Å². The molecule has 0 spiro atoms. The Balaban J connectivity index is 0. The molecule has 0 aliphatic rings. The summed E-state index contributed by atoms with van der Waals surface area (Å²) < 4.78 is 27.2. The highest BCUT2D eigenvalue weighted by molar-refractivity contribution is 7.32. The Morgan fingerprint density at radius 3 is 1.62 bits per heavy atom. The average Bonchev–Trinajstić information content (AvgIpc) is 2.12. The van der Waals surface area contributed by atoms with Gasteiger partial charge in [-0.15, -0.1) is 22.9 Å². The number of rotatable bonds is 7. The predicted molar refractivity (Wildman–Crippen MR) is 59.4 cm³/mol. The quantitative estimate of drug-likeness (QED) is 0.279. The Morgan fingerprint density at radius 2 is 1.44 bits per heavy atom. The lowest BCUT2D eigenvalue weighted by atomic mass is 10.3. The minimum Gasteiger partial charge on any atom is -0.275 e. The first-order chi connectivity index (χ1) is 7.43. The van der Waals surface area contributed by atoms with Gasteiger partial charge >= 0.3 is 22.9 Å². The lowest BCUT2D eigenvalue weighted by Gasteiger charge is -1.89. The topological polar surface area (TPSA) is 119 Å². The lowest BCUT2D eigenvalue weighted by Crippen LogP contribution is -2.21. The second kappa shape index (κ2) is 12.5. The van der Waals surface area contributed by atoms with E-state index in [0.717, 1.165) is 12.8 Å². The number of allylic oxidation sites excluding steroid dienone is 2. The molecule has 0 rings (SSSR count). The van der Waals surface area contributed by atoms with Gasteiger partial charge in [0.25, 0.3) is 0 Å². The third-order valence-corrected chi connectivity index (χ3v) is 1.74. The van der Waals surface area contributed by atoms with E-state index >= 15 is 0 Å². The summed E-state index contributed by atoms with van der Waals surface area (Å²) in [5.74, 6) is 0. The van der Waals surface area contributed by atoms with Crippen LogP contribution in [-0.4, -0.2) is 16.2 Å². The molecule has 0 fully saturated rings. The molecule has 0 aromatic heterocycles. The monoisotopic (exact) mass is 271 g/mol. The maximum atomic E-state index is 9.78. The molecule has 0 bridgehead atoms. The zero-order valence-electron chi connectivity index (χ0n) is 8.56. The molecular formula is C7H15NO6P2+2. The first kappa shape index (κ1) is 17.9. The molecule has 0 aromatic rings. The molecule has 2 atom stereocenters. The summed E-state index contributed by atoms with van der Waals surface area (Å²) in [5.41, 5.74) is 4.74. The molecule has 0 saturated carbocycles. The van der Waals surface area contributed by atoms with Gasteiger partial charge in [0.1, 0.15) is 0 Å². The fourth-order valence-electron chi connectivity index (χ4n) is 0.433. The van der Waals surface area contributed by atoms with Crippen LogP contribution < -0.4 is 5.73 Å². The van der Waals surface area contributed by atoms with Crippen molar-refractivity contribution in [1.82, 2.24) is 0 Å². The molecule has 0 aliphatic heterocycles. The van der Waals surface area contributed by atoms with E-state index in [2.05, 4.69) is 22.2 Å². The highest BCUT2D eigenvalue weighted by Gasteiger charge is 2.28. The smallest absolute Gasteiger partial charge is 0.275 e. The van der Waals surface area contributed by atoms with Gasteiger partial charge in [0, 0.05) is 9.13 Å². The van der Waals surface area contributed by atoms with Crippen molar-refractivity contribution in [3.8, 4) is 0 Å². The van der Waals surface area contributed by atoms with Crippen LogP contribution in [0.15, 0.2) is 25.3 Å². The average molecular weight is 271 g/mol. The van der Waals surface area contributed by atoms with Crippen LogP contribution in [0.25, 0.3) is 0 Å². The molecule has 7 nitrogen and oxygen atoms in total. The van der Waals surface area contributed by atoms with Gasteiger partial charge in [-0.05, 0) is 12.8 Å². The number of nitrogens with two attached hydrogens (primary N) is 1. The standard InChI is InChI=1S/C6H10.CH3NO6P2/c1-3-5-6-4-2;2-1(7-9(3)4)8-10(5)6/h3-4H,1-2,5-6H2;1H,2H2/p+2. The van der Waals surface area contributed by atoms with Crippen LogP contribution in [0.1, 0.15) is 12.8 Å². The zero-order valence-corrected chi connectivity index (χ0v) is 10.3. The van der Waals surface area contributed by atoms with Crippen molar-refractivity contribution < 1.29 is 28.0 Å². The van der Waals surface area contributed by atoms with Crippen molar-refractivity contribution in [2.45, 2.75) is 19.3 Å². The molecule has 0 heterocycles. The molecule has 2 unspecified atom stereocenters. The second-order valence-corrected chi connectivity index (χ2v) is 3.58. The minimum absolute atomic E-state index is 1.06. The van der Waals surface area contributed by atoms with E-state index in [1.165, 1.54) is 0 Å². The summed E-state index contributed by atoms with van der Waals surface area (Å²) in [5, 5.41) is 0. The van der Waals surface area contributed by atoms with E-state index in [1.807, 2.05) is 12.2 Å². The Bertz CT molecular complexity index is 223. The van der Waals surface area contributed by atoms with Crippen molar-refractivity contribution in [2.24, 2.45) is 5.73 Å². The zero-order chi connectivity index (χ0) is 13.0. The van der Waals surface area contributed by atoms with Crippen molar-refractivity contribution >= 4 is 16.5 Å². The van der Waals surface area contributed by atoms with Crippen molar-refractivity contribution in [3.63, 3.8) is 0 Å². The van der Waals surface area contributed by atoms with Gasteiger partial charge in [-0.3, -0.25) is 5.73 Å². The Morgan fingerprint density at radius 1 is 1.12 bits per heavy atom. The molecule has 0 radical (unpaired) electrons.